The van der Waals surface area contributed by atoms with Crippen LogP contribution in [0.25, 0.3) is 0 Å². The van der Waals surface area contributed by atoms with Crippen LogP contribution in [-0.2, 0) is 19.2 Å². The predicted molar refractivity (Wildman–Crippen MR) is 135 cm³/mol. The molecule has 3 aliphatic carbocycles. The molecule has 0 spiro atoms. The second-order valence-corrected chi connectivity index (χ2v) is 11.6. The normalized spacial score (nSPS) is 28.0. The summed E-state index contributed by atoms with van der Waals surface area (Å²) in [5, 5.41) is 11.2. The Hall–Kier alpha value is -3.00. The molecule has 0 bridgehead atoms. The van der Waals surface area contributed by atoms with Gasteiger partial charge in [-0.3, -0.25) is 24.1 Å². The van der Waals surface area contributed by atoms with E-state index in [4.69, 9.17) is 4.74 Å². The standard InChI is InChI=1S/C28H28BrNO6/c1-5-36-20-8-6-7-14(25(20)33)21-13-9-10-15-22(27(35)30(26(15)34)28(2,3)4)16(13)11-17-23(21)19(31)12-18(29)24(17)32/h6-9,12,15-16,21-22,33H,5,10-11H2,1-4H3. The first-order valence-electron chi connectivity index (χ1n) is 12.2. The summed E-state index contributed by atoms with van der Waals surface area (Å²) in [7, 11) is 0. The summed E-state index contributed by atoms with van der Waals surface area (Å²) in [5.74, 6) is -3.17. The maximum absolute atomic E-state index is 13.7. The Balaban J connectivity index is 1.70. The van der Waals surface area contributed by atoms with E-state index in [1.807, 2.05) is 33.8 Å². The van der Waals surface area contributed by atoms with Gasteiger partial charge in [0.25, 0.3) is 0 Å². The quantitative estimate of drug-likeness (QED) is 0.339. The largest absolute Gasteiger partial charge is 0.504 e. The van der Waals surface area contributed by atoms with E-state index in [0.717, 1.165) is 5.57 Å². The second-order valence-electron chi connectivity index (χ2n) is 10.7. The van der Waals surface area contributed by atoms with Gasteiger partial charge < -0.3 is 9.84 Å². The minimum absolute atomic E-state index is 0.0983. The summed E-state index contributed by atoms with van der Waals surface area (Å²) in [6.07, 6.45) is 3.76. The number of nitrogens with zero attached hydrogens (tertiary/aromatic N) is 1. The fourth-order valence-electron chi connectivity index (χ4n) is 6.27. The third-order valence-electron chi connectivity index (χ3n) is 7.64. The van der Waals surface area contributed by atoms with Gasteiger partial charge in [0, 0.05) is 34.2 Å². The van der Waals surface area contributed by atoms with Gasteiger partial charge in [0.15, 0.2) is 23.1 Å². The zero-order valence-corrected chi connectivity index (χ0v) is 22.2. The van der Waals surface area contributed by atoms with Crippen molar-refractivity contribution in [1.29, 1.82) is 0 Å². The molecule has 0 saturated carbocycles. The van der Waals surface area contributed by atoms with Crippen molar-refractivity contribution in [2.45, 2.75) is 52.0 Å². The Kier molecular flexibility index (Phi) is 5.86. The number of carbonyl (C=O) groups is 4. The molecule has 0 radical (unpaired) electrons. The van der Waals surface area contributed by atoms with Gasteiger partial charge in [-0.25, -0.2) is 0 Å². The van der Waals surface area contributed by atoms with E-state index in [0.29, 0.717) is 29.7 Å². The number of likely N-dealkylation sites (tertiary alicyclic amines) is 1. The van der Waals surface area contributed by atoms with Crippen LogP contribution in [0.4, 0.5) is 0 Å². The first-order valence-corrected chi connectivity index (χ1v) is 13.0. The van der Waals surface area contributed by atoms with E-state index >= 15 is 0 Å². The maximum Gasteiger partial charge on any atom is 0.234 e. The number of phenolic OH excluding ortho intramolecular Hbond substituents is 1. The SMILES string of the molecule is CCOc1cccc(C2C3=CCC4C(=O)N(C(C)(C)C)C(=O)C4C3CC3=C2C(=O)C=C(Br)C3=O)c1O. The Morgan fingerprint density at radius 1 is 1.11 bits per heavy atom. The molecule has 2 amide bonds. The van der Waals surface area contributed by atoms with Crippen LogP contribution < -0.4 is 4.74 Å². The van der Waals surface area contributed by atoms with Crippen LogP contribution in [0, 0.1) is 17.8 Å². The monoisotopic (exact) mass is 553 g/mol. The number of phenols is 1. The van der Waals surface area contributed by atoms with Crippen molar-refractivity contribution in [1.82, 2.24) is 4.90 Å². The fourth-order valence-corrected chi connectivity index (χ4v) is 6.71. The van der Waals surface area contributed by atoms with Gasteiger partial charge in [0.2, 0.25) is 11.8 Å². The third kappa shape index (κ3) is 3.52. The van der Waals surface area contributed by atoms with Crippen molar-refractivity contribution in [3.05, 3.63) is 57.1 Å². The van der Waals surface area contributed by atoms with Gasteiger partial charge >= 0.3 is 0 Å². The molecule has 1 aromatic carbocycles. The molecule has 36 heavy (non-hydrogen) atoms. The average Bonchev–Trinajstić information content (AvgIpc) is 3.08. The lowest BCUT2D eigenvalue weighted by Gasteiger charge is -2.42. The highest BCUT2D eigenvalue weighted by molar-refractivity contribution is 9.12. The highest BCUT2D eigenvalue weighted by Crippen LogP contribution is 2.57. The number of ketones is 2. The summed E-state index contributed by atoms with van der Waals surface area (Å²) in [6.45, 7) is 7.66. The van der Waals surface area contributed by atoms with Crippen molar-refractivity contribution in [2.24, 2.45) is 17.8 Å². The van der Waals surface area contributed by atoms with Crippen molar-refractivity contribution in [3.63, 3.8) is 0 Å². The lowest BCUT2D eigenvalue weighted by Crippen LogP contribution is -2.46. The number of imide groups is 1. The molecule has 7 nitrogen and oxygen atoms in total. The molecule has 1 aromatic rings. The number of aromatic hydroxyl groups is 1. The van der Waals surface area contributed by atoms with E-state index < -0.39 is 29.2 Å². The highest BCUT2D eigenvalue weighted by atomic mass is 79.9. The van der Waals surface area contributed by atoms with Gasteiger partial charge in [-0.15, -0.1) is 0 Å². The van der Waals surface area contributed by atoms with Crippen LogP contribution >= 0.6 is 15.9 Å². The number of hydrogen-bond donors (Lipinski definition) is 1. The number of rotatable bonds is 3. The van der Waals surface area contributed by atoms with Crippen LogP contribution in [0.1, 0.15) is 52.0 Å². The summed E-state index contributed by atoms with van der Waals surface area (Å²) < 4.78 is 5.76. The Morgan fingerprint density at radius 2 is 1.83 bits per heavy atom. The van der Waals surface area contributed by atoms with E-state index in [1.54, 1.807) is 18.2 Å². The summed E-state index contributed by atoms with van der Waals surface area (Å²) in [6, 6.07) is 5.10. The Morgan fingerprint density at radius 3 is 2.50 bits per heavy atom. The van der Waals surface area contributed by atoms with Crippen molar-refractivity contribution in [3.8, 4) is 11.5 Å². The summed E-state index contributed by atoms with van der Waals surface area (Å²) >= 11 is 3.22. The molecule has 1 aliphatic heterocycles. The maximum atomic E-state index is 13.7. The molecule has 5 rings (SSSR count). The molecule has 1 fully saturated rings. The van der Waals surface area contributed by atoms with E-state index in [-0.39, 0.29) is 45.8 Å². The van der Waals surface area contributed by atoms with E-state index in [2.05, 4.69) is 15.9 Å². The fraction of sp³-hybridized carbons (Fsp3) is 0.429. The van der Waals surface area contributed by atoms with Gasteiger partial charge in [0.1, 0.15) is 0 Å². The lowest BCUT2D eigenvalue weighted by molar-refractivity contribution is -0.145. The van der Waals surface area contributed by atoms with Crippen LogP contribution in [0.2, 0.25) is 0 Å². The summed E-state index contributed by atoms with van der Waals surface area (Å²) in [4.78, 5) is 54.9. The molecule has 1 saturated heterocycles. The number of para-hydroxylation sites is 1. The number of carbonyl (C=O) groups excluding carboxylic acids is 4. The molecule has 1 N–H and O–H groups in total. The highest BCUT2D eigenvalue weighted by Gasteiger charge is 2.58. The molecule has 188 valence electrons. The topological polar surface area (TPSA) is 101 Å². The van der Waals surface area contributed by atoms with Crippen molar-refractivity contribution >= 4 is 39.3 Å². The summed E-state index contributed by atoms with van der Waals surface area (Å²) in [5.41, 5.74) is 1.22. The van der Waals surface area contributed by atoms with E-state index in [9.17, 15) is 24.3 Å². The average molecular weight is 554 g/mol. The van der Waals surface area contributed by atoms with Crippen molar-refractivity contribution < 1.29 is 29.0 Å². The second kappa shape index (κ2) is 8.54. The molecule has 4 unspecified atom stereocenters. The molecule has 1 heterocycles. The number of Topliss-reactive ketones (excluding diaryl/α,β-unsaturated/α-hetero) is 1. The number of ether oxygens (including phenoxy) is 1. The first-order chi connectivity index (χ1) is 17.0. The molecule has 4 aliphatic rings. The number of allylic oxidation sites excluding steroid dienone is 6. The van der Waals surface area contributed by atoms with E-state index in [1.165, 1.54) is 11.0 Å². The van der Waals surface area contributed by atoms with Crippen molar-refractivity contribution in [2.75, 3.05) is 6.61 Å². The van der Waals surface area contributed by atoms with Crippen LogP contribution in [0.5, 0.6) is 11.5 Å². The minimum Gasteiger partial charge on any atom is -0.504 e. The number of amides is 2. The number of fused-ring (bicyclic) bond motifs is 3. The third-order valence-corrected chi connectivity index (χ3v) is 8.23. The Labute approximate surface area is 218 Å². The smallest absolute Gasteiger partial charge is 0.234 e. The number of halogens is 1. The molecule has 4 atom stereocenters. The first kappa shape index (κ1) is 24.7. The molecule has 0 aromatic heterocycles. The minimum atomic E-state index is -0.722. The number of hydrogen-bond acceptors (Lipinski definition) is 6. The van der Waals surface area contributed by atoms with Gasteiger partial charge in [-0.2, -0.15) is 0 Å². The number of benzene rings is 1. The Bertz CT molecular complexity index is 1310. The van der Waals surface area contributed by atoms with Crippen LogP contribution in [0.3, 0.4) is 0 Å². The molecular formula is C28H28BrNO6. The van der Waals surface area contributed by atoms with Gasteiger partial charge in [0.05, 0.1) is 22.9 Å². The molecule has 8 heteroatoms. The molecular weight excluding hydrogens is 526 g/mol. The van der Waals surface area contributed by atoms with Gasteiger partial charge in [-0.1, -0.05) is 23.8 Å². The predicted octanol–water partition coefficient (Wildman–Crippen LogP) is 4.35. The zero-order chi connectivity index (χ0) is 26.1. The zero-order valence-electron chi connectivity index (χ0n) is 20.6. The lowest BCUT2D eigenvalue weighted by atomic mass is 9.59. The van der Waals surface area contributed by atoms with Gasteiger partial charge in [-0.05, 0) is 68.5 Å². The van der Waals surface area contributed by atoms with Crippen LogP contribution in [0.15, 0.2) is 51.6 Å². The van der Waals surface area contributed by atoms with Crippen LogP contribution in [-0.4, -0.2) is 45.5 Å².